The van der Waals surface area contributed by atoms with Crippen LogP contribution in [0.1, 0.15) is 0 Å². The predicted octanol–water partition coefficient (Wildman–Crippen LogP) is -0.733. The number of carboxylic acids is 1. The van der Waals surface area contributed by atoms with E-state index in [2.05, 4.69) is 16.8 Å². The molecule has 1 aliphatic heterocycles. The summed E-state index contributed by atoms with van der Waals surface area (Å²) < 4.78 is 5.00. The van der Waals surface area contributed by atoms with Crippen molar-refractivity contribution >= 4 is 5.97 Å². The van der Waals surface area contributed by atoms with Gasteiger partial charge in [0, 0.05) is 52.9 Å². The van der Waals surface area contributed by atoms with Crippen molar-refractivity contribution in [1.82, 2.24) is 14.7 Å². The minimum absolute atomic E-state index is 0.0943. The SMILES string of the molecule is COCCN(CCN1CCN(C)CC1)CC(=O)O. The smallest absolute Gasteiger partial charge is 0.317 e. The Morgan fingerprint density at radius 2 is 1.94 bits per heavy atom. The second-order valence-corrected chi connectivity index (χ2v) is 4.81. The zero-order valence-corrected chi connectivity index (χ0v) is 11.5. The van der Waals surface area contributed by atoms with Gasteiger partial charge in [-0.05, 0) is 7.05 Å². The molecule has 6 nitrogen and oxygen atoms in total. The number of likely N-dealkylation sites (N-methyl/N-ethyl adjacent to an activating group) is 1. The maximum Gasteiger partial charge on any atom is 0.317 e. The zero-order valence-electron chi connectivity index (χ0n) is 11.5. The van der Waals surface area contributed by atoms with Crippen LogP contribution >= 0.6 is 0 Å². The number of hydrogen-bond acceptors (Lipinski definition) is 5. The molecule has 0 spiro atoms. The van der Waals surface area contributed by atoms with Crippen molar-refractivity contribution in [2.75, 3.05) is 73.1 Å². The molecule has 6 heteroatoms. The highest BCUT2D eigenvalue weighted by atomic mass is 16.5. The first kappa shape index (κ1) is 15.4. The molecule has 0 saturated carbocycles. The summed E-state index contributed by atoms with van der Waals surface area (Å²) in [6.07, 6.45) is 0. The van der Waals surface area contributed by atoms with Crippen molar-refractivity contribution in [3.63, 3.8) is 0 Å². The number of ether oxygens (including phenoxy) is 1. The topological polar surface area (TPSA) is 56.2 Å². The van der Waals surface area contributed by atoms with Gasteiger partial charge in [0.1, 0.15) is 0 Å². The van der Waals surface area contributed by atoms with E-state index in [1.54, 1.807) is 7.11 Å². The van der Waals surface area contributed by atoms with Crippen LogP contribution in [0.25, 0.3) is 0 Å². The van der Waals surface area contributed by atoms with Crippen molar-refractivity contribution in [3.8, 4) is 0 Å². The molecule has 1 fully saturated rings. The van der Waals surface area contributed by atoms with Crippen LogP contribution in [0.3, 0.4) is 0 Å². The number of hydrogen-bond donors (Lipinski definition) is 1. The molecule has 0 unspecified atom stereocenters. The van der Waals surface area contributed by atoms with Gasteiger partial charge in [-0.15, -0.1) is 0 Å². The normalized spacial score (nSPS) is 18.4. The van der Waals surface area contributed by atoms with Gasteiger partial charge in [-0.3, -0.25) is 14.6 Å². The number of piperazine rings is 1. The molecule has 1 heterocycles. The number of carboxylic acid groups (broad SMARTS) is 1. The summed E-state index contributed by atoms with van der Waals surface area (Å²) in [5.41, 5.74) is 0. The Morgan fingerprint density at radius 3 is 2.50 bits per heavy atom. The molecule has 0 amide bonds. The molecule has 1 aliphatic rings. The Hall–Kier alpha value is -0.690. The fraction of sp³-hybridized carbons (Fsp3) is 0.917. The number of rotatable bonds is 8. The minimum Gasteiger partial charge on any atom is -0.480 e. The van der Waals surface area contributed by atoms with Crippen LogP contribution in [0.4, 0.5) is 0 Å². The van der Waals surface area contributed by atoms with Gasteiger partial charge in [0.15, 0.2) is 0 Å². The van der Waals surface area contributed by atoms with E-state index in [1.807, 2.05) is 4.90 Å². The molecule has 0 bridgehead atoms. The van der Waals surface area contributed by atoms with Gasteiger partial charge in [0.05, 0.1) is 13.2 Å². The summed E-state index contributed by atoms with van der Waals surface area (Å²) in [6, 6.07) is 0. The summed E-state index contributed by atoms with van der Waals surface area (Å²) in [5.74, 6) is -0.774. The van der Waals surface area contributed by atoms with E-state index in [0.717, 1.165) is 39.3 Å². The first-order valence-electron chi connectivity index (χ1n) is 6.46. The maximum atomic E-state index is 10.8. The quantitative estimate of drug-likeness (QED) is 0.620. The number of aliphatic carboxylic acids is 1. The molecule has 0 aromatic heterocycles. The van der Waals surface area contributed by atoms with Crippen LogP contribution in [-0.2, 0) is 9.53 Å². The van der Waals surface area contributed by atoms with Gasteiger partial charge in [-0.2, -0.15) is 0 Å². The van der Waals surface area contributed by atoms with Crippen LogP contribution in [-0.4, -0.2) is 98.9 Å². The Kier molecular flexibility index (Phi) is 7.19. The molecule has 1 saturated heterocycles. The Balaban J connectivity index is 2.24. The Bertz CT molecular complexity index is 243. The van der Waals surface area contributed by atoms with E-state index in [0.29, 0.717) is 13.2 Å². The lowest BCUT2D eigenvalue weighted by Gasteiger charge is -2.33. The van der Waals surface area contributed by atoms with Gasteiger partial charge in [-0.25, -0.2) is 0 Å². The molecule has 0 atom stereocenters. The second-order valence-electron chi connectivity index (χ2n) is 4.81. The lowest BCUT2D eigenvalue weighted by molar-refractivity contribution is -0.138. The fourth-order valence-corrected chi connectivity index (χ4v) is 2.04. The van der Waals surface area contributed by atoms with Gasteiger partial charge < -0.3 is 14.7 Å². The van der Waals surface area contributed by atoms with Crippen LogP contribution in [0, 0.1) is 0 Å². The third-order valence-corrected chi connectivity index (χ3v) is 3.30. The van der Waals surface area contributed by atoms with Crippen LogP contribution in [0.15, 0.2) is 0 Å². The van der Waals surface area contributed by atoms with Crippen molar-refractivity contribution in [3.05, 3.63) is 0 Å². The van der Waals surface area contributed by atoms with Crippen LogP contribution < -0.4 is 0 Å². The minimum atomic E-state index is -0.774. The highest BCUT2D eigenvalue weighted by Crippen LogP contribution is 1.99. The van der Waals surface area contributed by atoms with Crippen molar-refractivity contribution in [2.24, 2.45) is 0 Å². The second kappa shape index (κ2) is 8.42. The van der Waals surface area contributed by atoms with Gasteiger partial charge >= 0.3 is 5.97 Å². The van der Waals surface area contributed by atoms with E-state index in [1.165, 1.54) is 0 Å². The lowest BCUT2D eigenvalue weighted by atomic mass is 10.3. The Morgan fingerprint density at radius 1 is 1.28 bits per heavy atom. The van der Waals surface area contributed by atoms with Gasteiger partial charge in [0.2, 0.25) is 0 Å². The van der Waals surface area contributed by atoms with E-state index in [9.17, 15) is 4.79 Å². The molecule has 0 radical (unpaired) electrons. The maximum absolute atomic E-state index is 10.8. The standard InChI is InChI=1S/C12H25N3O3/c1-13-3-5-14(6-4-13)7-8-15(9-10-18-2)11-12(16)17/h3-11H2,1-2H3,(H,16,17). The van der Waals surface area contributed by atoms with Crippen molar-refractivity contribution < 1.29 is 14.6 Å². The number of methoxy groups -OCH3 is 1. The third kappa shape index (κ3) is 6.30. The molecule has 1 rings (SSSR count). The Labute approximate surface area is 109 Å². The molecule has 18 heavy (non-hydrogen) atoms. The van der Waals surface area contributed by atoms with E-state index in [4.69, 9.17) is 9.84 Å². The van der Waals surface area contributed by atoms with Crippen molar-refractivity contribution in [2.45, 2.75) is 0 Å². The number of nitrogens with zero attached hydrogens (tertiary/aromatic N) is 3. The summed E-state index contributed by atoms with van der Waals surface area (Å²) in [4.78, 5) is 17.4. The molecule has 0 aromatic rings. The first-order chi connectivity index (χ1) is 8.61. The summed E-state index contributed by atoms with van der Waals surface area (Å²) in [6.45, 7) is 7.41. The third-order valence-electron chi connectivity index (χ3n) is 3.30. The van der Waals surface area contributed by atoms with E-state index in [-0.39, 0.29) is 6.54 Å². The average Bonchev–Trinajstić information content (AvgIpc) is 2.34. The highest BCUT2D eigenvalue weighted by molar-refractivity contribution is 5.69. The summed E-state index contributed by atoms with van der Waals surface area (Å²) >= 11 is 0. The van der Waals surface area contributed by atoms with Crippen LogP contribution in [0.5, 0.6) is 0 Å². The fourth-order valence-electron chi connectivity index (χ4n) is 2.04. The van der Waals surface area contributed by atoms with Crippen LogP contribution in [0.2, 0.25) is 0 Å². The van der Waals surface area contributed by atoms with E-state index >= 15 is 0 Å². The molecule has 1 N–H and O–H groups in total. The lowest BCUT2D eigenvalue weighted by Crippen LogP contribution is -2.47. The summed E-state index contributed by atoms with van der Waals surface area (Å²) in [5, 5.41) is 8.85. The van der Waals surface area contributed by atoms with Crippen molar-refractivity contribution in [1.29, 1.82) is 0 Å². The monoisotopic (exact) mass is 259 g/mol. The predicted molar refractivity (Wildman–Crippen MR) is 69.9 cm³/mol. The molecule has 106 valence electrons. The summed E-state index contributed by atoms with van der Waals surface area (Å²) in [7, 11) is 3.77. The van der Waals surface area contributed by atoms with E-state index < -0.39 is 5.97 Å². The molecular formula is C12H25N3O3. The van der Waals surface area contributed by atoms with Gasteiger partial charge in [-0.1, -0.05) is 0 Å². The molecule has 0 aliphatic carbocycles. The average molecular weight is 259 g/mol. The molecule has 0 aromatic carbocycles. The van der Waals surface area contributed by atoms with Gasteiger partial charge in [0.25, 0.3) is 0 Å². The molecular weight excluding hydrogens is 234 g/mol. The first-order valence-corrected chi connectivity index (χ1v) is 6.46. The highest BCUT2D eigenvalue weighted by Gasteiger charge is 2.15. The zero-order chi connectivity index (χ0) is 13.4. The number of carbonyl (C=O) groups is 1. The largest absolute Gasteiger partial charge is 0.480 e.